The van der Waals surface area contributed by atoms with Crippen molar-refractivity contribution in [2.24, 2.45) is 5.92 Å². The second-order valence-corrected chi connectivity index (χ2v) is 10.4. The van der Waals surface area contributed by atoms with Crippen LogP contribution in [0.25, 0.3) is 0 Å². The zero-order valence-corrected chi connectivity index (χ0v) is 17.7. The number of sulfonamides is 1. The Bertz CT molecular complexity index is 932. The van der Waals surface area contributed by atoms with Crippen molar-refractivity contribution in [2.75, 3.05) is 19.6 Å². The maximum absolute atomic E-state index is 13.2. The second-order valence-electron chi connectivity index (χ2n) is 7.50. The van der Waals surface area contributed by atoms with Gasteiger partial charge < -0.3 is 4.90 Å². The number of fused-ring (bicyclic) bond motifs is 1. The monoisotopic (exact) mass is 418 g/mol. The van der Waals surface area contributed by atoms with Gasteiger partial charge in [0.15, 0.2) is 0 Å². The van der Waals surface area contributed by atoms with Crippen LogP contribution in [0, 0.1) is 5.92 Å². The minimum atomic E-state index is -3.47. The molecule has 3 heterocycles. The van der Waals surface area contributed by atoms with E-state index in [4.69, 9.17) is 0 Å². The van der Waals surface area contributed by atoms with E-state index in [2.05, 4.69) is 18.4 Å². The lowest BCUT2D eigenvalue weighted by Gasteiger charge is -2.39. The van der Waals surface area contributed by atoms with Gasteiger partial charge in [-0.05, 0) is 54.8 Å². The average Bonchev–Trinajstić information content (AvgIpc) is 3.22. The third kappa shape index (κ3) is 3.51. The first kappa shape index (κ1) is 19.6. The molecule has 2 aliphatic rings. The Balaban J connectivity index is 1.43. The number of benzene rings is 1. The molecule has 1 aromatic heterocycles. The van der Waals surface area contributed by atoms with Crippen molar-refractivity contribution in [1.29, 1.82) is 0 Å². The van der Waals surface area contributed by atoms with Crippen molar-refractivity contribution >= 4 is 27.3 Å². The van der Waals surface area contributed by atoms with Gasteiger partial charge in [0.2, 0.25) is 15.9 Å². The summed E-state index contributed by atoms with van der Waals surface area (Å²) in [7, 11) is -3.47. The standard InChI is InChI=1S/C21H26N2O3S2/c1-2-19-18-11-15-27-20(18)10-14-23(19)21(24)16-8-12-22(13-9-16)28(25,26)17-6-4-3-5-7-17/h3-7,11,15-16,19H,2,8-10,12-14H2,1H3/t19-/m1/s1. The van der Waals surface area contributed by atoms with Gasteiger partial charge in [-0.2, -0.15) is 4.31 Å². The Hall–Kier alpha value is -1.70. The minimum Gasteiger partial charge on any atom is -0.335 e. The van der Waals surface area contributed by atoms with Gasteiger partial charge in [-0.3, -0.25) is 4.79 Å². The smallest absolute Gasteiger partial charge is 0.243 e. The molecule has 1 atom stereocenters. The molecule has 0 aliphatic carbocycles. The maximum Gasteiger partial charge on any atom is 0.243 e. The summed E-state index contributed by atoms with van der Waals surface area (Å²) in [4.78, 5) is 17.0. The van der Waals surface area contributed by atoms with Crippen LogP contribution in [0.15, 0.2) is 46.7 Å². The van der Waals surface area contributed by atoms with Gasteiger partial charge in [0.25, 0.3) is 0 Å². The second kappa shape index (κ2) is 7.97. The highest BCUT2D eigenvalue weighted by atomic mass is 32.2. The topological polar surface area (TPSA) is 57.7 Å². The van der Waals surface area contributed by atoms with Crippen LogP contribution in [0.2, 0.25) is 0 Å². The number of hydrogen-bond donors (Lipinski definition) is 0. The molecule has 4 rings (SSSR count). The predicted octanol–water partition coefficient (Wildman–Crippen LogP) is 3.68. The molecule has 5 nitrogen and oxygen atoms in total. The summed E-state index contributed by atoms with van der Waals surface area (Å²) >= 11 is 1.78. The van der Waals surface area contributed by atoms with Crippen LogP contribution in [0.3, 0.4) is 0 Å². The third-order valence-corrected chi connectivity index (χ3v) is 8.86. The summed E-state index contributed by atoms with van der Waals surface area (Å²) in [6, 6.07) is 10.9. The van der Waals surface area contributed by atoms with Crippen LogP contribution in [0.5, 0.6) is 0 Å². The molecule has 7 heteroatoms. The molecule has 0 radical (unpaired) electrons. The zero-order valence-electron chi connectivity index (χ0n) is 16.1. The van der Waals surface area contributed by atoms with E-state index in [1.807, 2.05) is 11.0 Å². The number of hydrogen-bond acceptors (Lipinski definition) is 4. The summed E-state index contributed by atoms with van der Waals surface area (Å²) in [5.74, 6) is 0.108. The number of thiophene rings is 1. The van der Waals surface area contributed by atoms with Gasteiger partial charge in [0, 0.05) is 30.4 Å². The number of amides is 1. The molecule has 0 unspecified atom stereocenters. The quantitative estimate of drug-likeness (QED) is 0.761. The van der Waals surface area contributed by atoms with E-state index in [0.29, 0.717) is 30.8 Å². The fourth-order valence-electron chi connectivity index (χ4n) is 4.42. The van der Waals surface area contributed by atoms with Crippen LogP contribution in [-0.2, 0) is 21.2 Å². The van der Waals surface area contributed by atoms with E-state index >= 15 is 0 Å². The zero-order chi connectivity index (χ0) is 19.7. The molecule has 0 bridgehead atoms. The molecule has 0 N–H and O–H groups in total. The number of rotatable bonds is 4. The van der Waals surface area contributed by atoms with Gasteiger partial charge >= 0.3 is 0 Å². The molecule has 28 heavy (non-hydrogen) atoms. The number of piperidine rings is 1. The Labute approximate surface area is 171 Å². The Kier molecular flexibility index (Phi) is 5.58. The van der Waals surface area contributed by atoms with E-state index in [0.717, 1.165) is 19.4 Å². The predicted molar refractivity (Wildman–Crippen MR) is 111 cm³/mol. The van der Waals surface area contributed by atoms with Gasteiger partial charge in [-0.1, -0.05) is 25.1 Å². The summed E-state index contributed by atoms with van der Waals surface area (Å²) in [5.41, 5.74) is 1.30. The lowest BCUT2D eigenvalue weighted by molar-refractivity contribution is -0.139. The molecular formula is C21H26N2O3S2. The lowest BCUT2D eigenvalue weighted by Crippen LogP contribution is -2.47. The van der Waals surface area contributed by atoms with Crippen molar-refractivity contribution in [3.05, 3.63) is 52.2 Å². The normalized spacial score (nSPS) is 21.5. The average molecular weight is 419 g/mol. The molecule has 2 aromatic rings. The number of nitrogens with zero attached hydrogens (tertiary/aromatic N) is 2. The fourth-order valence-corrected chi connectivity index (χ4v) is 6.84. The molecule has 0 saturated carbocycles. The van der Waals surface area contributed by atoms with Crippen molar-refractivity contribution in [2.45, 2.75) is 43.5 Å². The largest absolute Gasteiger partial charge is 0.335 e. The lowest BCUT2D eigenvalue weighted by atomic mass is 9.92. The highest BCUT2D eigenvalue weighted by molar-refractivity contribution is 7.89. The van der Waals surface area contributed by atoms with Gasteiger partial charge in [0.05, 0.1) is 10.9 Å². The Morgan fingerprint density at radius 2 is 1.82 bits per heavy atom. The van der Waals surface area contributed by atoms with E-state index in [1.54, 1.807) is 35.6 Å². The molecule has 1 saturated heterocycles. The van der Waals surface area contributed by atoms with Crippen molar-refractivity contribution in [1.82, 2.24) is 9.21 Å². The SMILES string of the molecule is CC[C@@H]1c2ccsc2CCN1C(=O)C1CCN(S(=O)(=O)c2ccccc2)CC1. The molecule has 1 aromatic carbocycles. The van der Waals surface area contributed by atoms with Crippen molar-refractivity contribution < 1.29 is 13.2 Å². The molecule has 1 fully saturated rings. The summed E-state index contributed by atoms with van der Waals surface area (Å²) in [6.45, 7) is 3.71. The summed E-state index contributed by atoms with van der Waals surface area (Å²) < 4.78 is 27.1. The molecule has 150 valence electrons. The maximum atomic E-state index is 13.2. The van der Waals surface area contributed by atoms with E-state index in [9.17, 15) is 13.2 Å². The summed E-state index contributed by atoms with van der Waals surface area (Å²) in [5, 5.41) is 2.12. The van der Waals surface area contributed by atoms with E-state index < -0.39 is 10.0 Å². The number of carbonyl (C=O) groups is 1. The fraction of sp³-hybridized carbons (Fsp3) is 0.476. The first-order chi connectivity index (χ1) is 13.5. The van der Waals surface area contributed by atoms with Crippen LogP contribution >= 0.6 is 11.3 Å². The van der Waals surface area contributed by atoms with E-state index in [-0.39, 0.29) is 17.9 Å². The summed E-state index contributed by atoms with van der Waals surface area (Å²) in [6.07, 6.45) is 3.02. The highest BCUT2D eigenvalue weighted by Gasteiger charge is 2.37. The van der Waals surface area contributed by atoms with Gasteiger partial charge in [0.1, 0.15) is 0 Å². The Morgan fingerprint density at radius 3 is 2.50 bits per heavy atom. The third-order valence-electron chi connectivity index (χ3n) is 5.95. The van der Waals surface area contributed by atoms with Crippen LogP contribution in [0.1, 0.15) is 42.7 Å². The highest BCUT2D eigenvalue weighted by Crippen LogP contribution is 2.37. The molecule has 2 aliphatic heterocycles. The van der Waals surface area contributed by atoms with Crippen LogP contribution < -0.4 is 0 Å². The molecule has 1 amide bonds. The van der Waals surface area contributed by atoms with Crippen LogP contribution in [-0.4, -0.2) is 43.2 Å². The first-order valence-electron chi connectivity index (χ1n) is 9.94. The van der Waals surface area contributed by atoms with E-state index in [1.165, 1.54) is 14.7 Å². The first-order valence-corrected chi connectivity index (χ1v) is 12.3. The van der Waals surface area contributed by atoms with Crippen LogP contribution in [0.4, 0.5) is 0 Å². The van der Waals surface area contributed by atoms with Crippen molar-refractivity contribution in [3.63, 3.8) is 0 Å². The minimum absolute atomic E-state index is 0.0866. The number of carbonyl (C=O) groups excluding carboxylic acids is 1. The Morgan fingerprint density at radius 1 is 1.11 bits per heavy atom. The molecular weight excluding hydrogens is 392 g/mol. The van der Waals surface area contributed by atoms with Gasteiger partial charge in [-0.25, -0.2) is 8.42 Å². The van der Waals surface area contributed by atoms with Gasteiger partial charge in [-0.15, -0.1) is 11.3 Å². The van der Waals surface area contributed by atoms with Crippen molar-refractivity contribution in [3.8, 4) is 0 Å². The molecule has 0 spiro atoms.